The summed E-state index contributed by atoms with van der Waals surface area (Å²) >= 11 is 0. The molecule has 2 aromatic rings. The van der Waals surface area contributed by atoms with Crippen LogP contribution in [0.4, 0.5) is 0 Å². The number of methoxy groups -OCH3 is 1. The summed E-state index contributed by atoms with van der Waals surface area (Å²) in [6, 6.07) is 9.93. The maximum atomic E-state index is 12.8. The van der Waals surface area contributed by atoms with Gasteiger partial charge in [-0.05, 0) is 30.0 Å². The van der Waals surface area contributed by atoms with Crippen molar-refractivity contribution >= 4 is 5.91 Å². The zero-order chi connectivity index (χ0) is 17.0. The topological polar surface area (TPSA) is 55.3 Å². The van der Waals surface area contributed by atoms with Gasteiger partial charge in [0.15, 0.2) is 0 Å². The van der Waals surface area contributed by atoms with Crippen molar-refractivity contribution < 1.29 is 9.53 Å². The normalized spacial score (nSPS) is 12.1. The molecule has 5 nitrogen and oxygen atoms in total. The zero-order valence-corrected chi connectivity index (χ0v) is 14.3. The molecule has 1 amide bonds. The van der Waals surface area contributed by atoms with E-state index in [9.17, 15) is 4.79 Å². The molecule has 122 valence electrons. The minimum Gasteiger partial charge on any atom is -0.467 e. The lowest BCUT2D eigenvalue weighted by Gasteiger charge is -2.32. The van der Waals surface area contributed by atoms with Crippen LogP contribution in [-0.4, -0.2) is 34.9 Å². The van der Waals surface area contributed by atoms with Gasteiger partial charge in [-0.1, -0.05) is 38.1 Å². The molecule has 1 aromatic carbocycles. The van der Waals surface area contributed by atoms with E-state index in [0.717, 1.165) is 5.56 Å². The number of nitrogens with zero attached hydrogens (tertiary/aromatic N) is 3. The molecule has 23 heavy (non-hydrogen) atoms. The van der Waals surface area contributed by atoms with Crippen molar-refractivity contribution in [3.63, 3.8) is 0 Å². The summed E-state index contributed by atoms with van der Waals surface area (Å²) < 4.78 is 5.00. The van der Waals surface area contributed by atoms with E-state index in [0.29, 0.717) is 5.69 Å². The van der Waals surface area contributed by atoms with Crippen molar-refractivity contribution in [2.75, 3.05) is 14.2 Å². The van der Waals surface area contributed by atoms with Crippen LogP contribution in [0.5, 0.6) is 6.01 Å². The Labute approximate surface area is 137 Å². The van der Waals surface area contributed by atoms with E-state index >= 15 is 0 Å². The highest BCUT2D eigenvalue weighted by Gasteiger charge is 2.27. The standard InChI is InChI=1S/C18H23N3O2/c1-12(2)16(14-9-7-6-8-13(14)3)21(4)17(22)15-10-11-19-18(20-15)23-5/h6-12,16H,1-5H3. The third-order valence-corrected chi connectivity index (χ3v) is 3.91. The molecule has 0 fully saturated rings. The van der Waals surface area contributed by atoms with Crippen LogP contribution in [0.2, 0.25) is 0 Å². The summed E-state index contributed by atoms with van der Waals surface area (Å²) in [6.07, 6.45) is 1.53. The highest BCUT2D eigenvalue weighted by Crippen LogP contribution is 2.30. The van der Waals surface area contributed by atoms with E-state index in [4.69, 9.17) is 4.74 Å². The van der Waals surface area contributed by atoms with Crippen LogP contribution < -0.4 is 4.74 Å². The number of carbonyl (C=O) groups excluding carboxylic acids is 1. The van der Waals surface area contributed by atoms with Crippen LogP contribution in [0.3, 0.4) is 0 Å². The van der Waals surface area contributed by atoms with Gasteiger partial charge in [-0.2, -0.15) is 4.98 Å². The lowest BCUT2D eigenvalue weighted by molar-refractivity contribution is 0.0679. The van der Waals surface area contributed by atoms with Crippen LogP contribution in [-0.2, 0) is 0 Å². The van der Waals surface area contributed by atoms with E-state index in [1.807, 2.05) is 19.2 Å². The van der Waals surface area contributed by atoms with Gasteiger partial charge in [0, 0.05) is 13.2 Å². The molecule has 0 spiro atoms. The quantitative estimate of drug-likeness (QED) is 0.850. The van der Waals surface area contributed by atoms with Gasteiger partial charge in [0.1, 0.15) is 5.69 Å². The molecule has 0 saturated carbocycles. The van der Waals surface area contributed by atoms with Gasteiger partial charge in [0.25, 0.3) is 5.91 Å². The number of benzene rings is 1. The molecule has 1 heterocycles. The highest BCUT2D eigenvalue weighted by atomic mass is 16.5. The van der Waals surface area contributed by atoms with Crippen LogP contribution in [0.1, 0.15) is 41.5 Å². The zero-order valence-electron chi connectivity index (χ0n) is 14.3. The molecule has 0 aliphatic rings. The van der Waals surface area contributed by atoms with Crippen molar-refractivity contribution in [2.24, 2.45) is 5.92 Å². The minimum atomic E-state index is -0.146. The molecule has 0 radical (unpaired) electrons. The first-order chi connectivity index (χ1) is 11.0. The Bertz CT molecular complexity index is 685. The van der Waals surface area contributed by atoms with Crippen LogP contribution in [0, 0.1) is 12.8 Å². The van der Waals surface area contributed by atoms with Crippen LogP contribution >= 0.6 is 0 Å². The Morgan fingerprint density at radius 2 is 1.91 bits per heavy atom. The van der Waals surface area contributed by atoms with Gasteiger partial charge in [-0.15, -0.1) is 0 Å². The number of hydrogen-bond donors (Lipinski definition) is 0. The van der Waals surface area contributed by atoms with Gasteiger partial charge in [-0.25, -0.2) is 4.98 Å². The van der Waals surface area contributed by atoms with Gasteiger partial charge < -0.3 is 9.64 Å². The van der Waals surface area contributed by atoms with Crippen molar-refractivity contribution in [3.8, 4) is 6.01 Å². The smallest absolute Gasteiger partial charge is 0.316 e. The molecule has 1 atom stereocenters. The predicted octanol–water partition coefficient (Wildman–Crippen LogP) is 3.26. The molecule has 0 aliphatic heterocycles. The lowest BCUT2D eigenvalue weighted by Crippen LogP contribution is -2.35. The number of rotatable bonds is 5. The first-order valence-electron chi connectivity index (χ1n) is 7.65. The first-order valence-corrected chi connectivity index (χ1v) is 7.65. The molecule has 0 aliphatic carbocycles. The number of hydrogen-bond acceptors (Lipinski definition) is 4. The van der Waals surface area contributed by atoms with Crippen LogP contribution in [0.15, 0.2) is 36.5 Å². The number of amides is 1. The lowest BCUT2D eigenvalue weighted by atomic mass is 9.91. The highest BCUT2D eigenvalue weighted by molar-refractivity contribution is 5.92. The largest absolute Gasteiger partial charge is 0.467 e. The maximum Gasteiger partial charge on any atom is 0.316 e. The van der Waals surface area contributed by atoms with Crippen molar-refractivity contribution in [2.45, 2.75) is 26.8 Å². The Hall–Kier alpha value is -2.43. The van der Waals surface area contributed by atoms with E-state index in [2.05, 4.69) is 42.9 Å². The third kappa shape index (κ3) is 3.67. The van der Waals surface area contributed by atoms with Crippen LogP contribution in [0.25, 0.3) is 0 Å². The average Bonchev–Trinajstić information content (AvgIpc) is 2.55. The fraction of sp³-hybridized carbons (Fsp3) is 0.389. The fourth-order valence-corrected chi connectivity index (χ4v) is 2.80. The Morgan fingerprint density at radius 3 is 2.52 bits per heavy atom. The second-order valence-electron chi connectivity index (χ2n) is 5.89. The molecular weight excluding hydrogens is 290 g/mol. The van der Waals surface area contributed by atoms with Gasteiger partial charge in [-0.3, -0.25) is 4.79 Å². The summed E-state index contributed by atoms with van der Waals surface area (Å²) in [5, 5.41) is 0. The Morgan fingerprint density at radius 1 is 1.22 bits per heavy atom. The van der Waals surface area contributed by atoms with E-state index < -0.39 is 0 Å². The number of carbonyl (C=O) groups is 1. The molecule has 2 rings (SSSR count). The Kier molecular flexibility index (Phi) is 5.32. The Balaban J connectivity index is 2.36. The van der Waals surface area contributed by atoms with E-state index in [1.54, 1.807) is 11.0 Å². The van der Waals surface area contributed by atoms with Gasteiger partial charge in [0.05, 0.1) is 13.2 Å². The van der Waals surface area contributed by atoms with Crippen molar-refractivity contribution in [1.82, 2.24) is 14.9 Å². The molecule has 1 aromatic heterocycles. The summed E-state index contributed by atoms with van der Waals surface area (Å²) in [5.74, 6) is 0.126. The van der Waals surface area contributed by atoms with Crippen molar-refractivity contribution in [3.05, 3.63) is 53.3 Å². The van der Waals surface area contributed by atoms with E-state index in [-0.39, 0.29) is 23.9 Å². The van der Waals surface area contributed by atoms with Gasteiger partial charge in [0.2, 0.25) is 0 Å². The second kappa shape index (κ2) is 7.22. The second-order valence-corrected chi connectivity index (χ2v) is 5.89. The maximum absolute atomic E-state index is 12.8. The summed E-state index contributed by atoms with van der Waals surface area (Å²) in [5.41, 5.74) is 2.66. The summed E-state index contributed by atoms with van der Waals surface area (Å²) in [6.45, 7) is 6.29. The third-order valence-electron chi connectivity index (χ3n) is 3.91. The fourth-order valence-electron chi connectivity index (χ4n) is 2.80. The number of ether oxygens (including phenoxy) is 1. The van der Waals surface area contributed by atoms with Gasteiger partial charge >= 0.3 is 6.01 Å². The average molecular weight is 313 g/mol. The molecular formula is C18H23N3O2. The molecule has 0 N–H and O–H groups in total. The molecule has 0 bridgehead atoms. The molecule has 0 saturated heterocycles. The summed E-state index contributed by atoms with van der Waals surface area (Å²) in [4.78, 5) is 22.7. The monoisotopic (exact) mass is 313 g/mol. The summed E-state index contributed by atoms with van der Waals surface area (Å²) in [7, 11) is 3.30. The van der Waals surface area contributed by atoms with E-state index in [1.165, 1.54) is 18.9 Å². The SMILES string of the molecule is COc1nccc(C(=O)N(C)C(c2ccccc2C)C(C)C)n1. The number of aryl methyl sites for hydroxylation is 1. The molecule has 1 unspecified atom stereocenters. The number of aromatic nitrogens is 2. The molecule has 5 heteroatoms. The minimum absolute atomic E-state index is 0.0235. The predicted molar refractivity (Wildman–Crippen MR) is 89.4 cm³/mol. The first kappa shape index (κ1) is 16.9. The van der Waals surface area contributed by atoms with Crippen molar-refractivity contribution in [1.29, 1.82) is 0 Å².